The highest BCUT2D eigenvalue weighted by atomic mass is 32.2. The van der Waals surface area contributed by atoms with Gasteiger partial charge >= 0.3 is 0 Å². The Morgan fingerprint density at radius 2 is 2.25 bits per heavy atom. The zero-order valence-corrected chi connectivity index (χ0v) is 8.37. The average molecular weight is 212 g/mol. The first kappa shape index (κ1) is 11.8. The highest BCUT2D eigenvalue weighted by molar-refractivity contribution is 7.89. The summed E-state index contributed by atoms with van der Waals surface area (Å²) in [5, 5.41) is 0. The van der Waals surface area contributed by atoms with E-state index in [0.29, 0.717) is 0 Å². The van der Waals surface area contributed by atoms with Crippen molar-refractivity contribution in [2.24, 2.45) is 5.73 Å². The van der Waals surface area contributed by atoms with Crippen LogP contribution in [-0.4, -0.2) is 39.4 Å². The van der Waals surface area contributed by atoms with E-state index < -0.39 is 10.0 Å². The predicted octanol–water partition coefficient (Wildman–Crippen LogP) is -1.16. The molecule has 0 aliphatic carbocycles. The third kappa shape index (κ3) is 6.47. The monoisotopic (exact) mass is 212 g/mol. The first-order chi connectivity index (χ1) is 5.48. The molecule has 0 unspecified atom stereocenters. The third-order valence-corrected chi connectivity index (χ3v) is 2.46. The molecule has 0 saturated heterocycles. The van der Waals surface area contributed by atoms with Crippen LogP contribution < -0.4 is 10.5 Å². The Labute approximate surface area is 77.3 Å². The number of sulfonamides is 1. The minimum absolute atomic E-state index is 0.00137. The fourth-order valence-electron chi connectivity index (χ4n) is 0.446. The summed E-state index contributed by atoms with van der Waals surface area (Å²) in [6.45, 7) is 0.161. The van der Waals surface area contributed by atoms with Gasteiger partial charge in [0.2, 0.25) is 10.0 Å². The number of rotatable bonds is 6. The number of nitrogens with one attached hydrogen (secondary N) is 1. The summed E-state index contributed by atoms with van der Waals surface area (Å²) in [6, 6.07) is 0. The van der Waals surface area contributed by atoms with Crippen molar-refractivity contribution < 1.29 is 13.2 Å². The topological polar surface area (TPSA) is 81.4 Å². The van der Waals surface area contributed by atoms with E-state index in [1.807, 2.05) is 0 Å². The van der Waals surface area contributed by atoms with Gasteiger partial charge in [-0.05, 0) is 0 Å². The van der Waals surface area contributed by atoms with Crippen LogP contribution in [0.2, 0.25) is 0 Å². The van der Waals surface area contributed by atoms with Gasteiger partial charge in [0.1, 0.15) is 0 Å². The summed E-state index contributed by atoms with van der Waals surface area (Å²) in [5.41, 5.74) is 5.10. The Balaban J connectivity index is 3.80. The van der Waals surface area contributed by atoms with Crippen LogP contribution in [0.3, 0.4) is 0 Å². The second kappa shape index (κ2) is 5.41. The molecule has 5 nitrogen and oxygen atoms in total. The number of ether oxygens (including phenoxy) is 1. The average Bonchev–Trinajstić information content (AvgIpc) is 1.98. The van der Waals surface area contributed by atoms with Crippen molar-refractivity contribution in [3.05, 3.63) is 0 Å². The molecule has 7 heteroatoms. The summed E-state index contributed by atoms with van der Waals surface area (Å²) in [5.74, 6) is -0.0773. The third-order valence-electron chi connectivity index (χ3n) is 1.02. The summed E-state index contributed by atoms with van der Waals surface area (Å²) >= 11 is 4.50. The van der Waals surface area contributed by atoms with E-state index in [1.54, 1.807) is 0 Å². The first-order valence-corrected chi connectivity index (χ1v) is 5.28. The zero-order valence-electron chi connectivity index (χ0n) is 6.74. The van der Waals surface area contributed by atoms with Gasteiger partial charge in [0, 0.05) is 7.11 Å². The Morgan fingerprint density at radius 3 is 2.67 bits per heavy atom. The molecular weight excluding hydrogens is 200 g/mol. The van der Waals surface area contributed by atoms with Gasteiger partial charge in [-0.2, -0.15) is 0 Å². The van der Waals surface area contributed by atoms with E-state index in [-0.39, 0.29) is 23.9 Å². The van der Waals surface area contributed by atoms with Gasteiger partial charge in [-0.15, -0.1) is 0 Å². The van der Waals surface area contributed by atoms with E-state index >= 15 is 0 Å². The molecule has 0 fully saturated rings. The van der Waals surface area contributed by atoms with Crippen LogP contribution >= 0.6 is 12.2 Å². The van der Waals surface area contributed by atoms with Crippen LogP contribution in [-0.2, 0) is 14.8 Å². The highest BCUT2D eigenvalue weighted by Crippen LogP contribution is 1.83. The molecule has 0 amide bonds. The number of hydrogen-bond acceptors (Lipinski definition) is 4. The molecule has 0 bridgehead atoms. The standard InChI is InChI=1S/C5H12N2O3S2/c1-10-2-3-12(8,9)7-4-5(6)11/h7H,2-4H2,1H3,(H2,6,11). The van der Waals surface area contributed by atoms with Crippen molar-refractivity contribution >= 4 is 27.2 Å². The second-order valence-corrected chi connectivity index (χ2v) is 4.55. The normalized spacial score (nSPS) is 11.4. The van der Waals surface area contributed by atoms with Gasteiger partial charge < -0.3 is 10.5 Å². The fraction of sp³-hybridized carbons (Fsp3) is 0.800. The van der Waals surface area contributed by atoms with Gasteiger partial charge in [-0.1, -0.05) is 12.2 Å². The predicted molar refractivity (Wildman–Crippen MR) is 50.5 cm³/mol. The number of thiocarbonyl (C=S) groups is 1. The minimum Gasteiger partial charge on any atom is -0.392 e. The summed E-state index contributed by atoms with van der Waals surface area (Å²) in [6.07, 6.45) is 0. The molecular formula is C5H12N2O3S2. The second-order valence-electron chi connectivity index (χ2n) is 2.10. The van der Waals surface area contributed by atoms with Gasteiger partial charge in [-0.25, -0.2) is 13.1 Å². The van der Waals surface area contributed by atoms with Crippen LogP contribution in [0.4, 0.5) is 0 Å². The summed E-state index contributed by atoms with van der Waals surface area (Å²) in [4.78, 5) is 0.121. The molecule has 0 radical (unpaired) electrons. The maximum Gasteiger partial charge on any atom is 0.214 e. The maximum absolute atomic E-state index is 11.0. The Hall–Kier alpha value is -0.240. The lowest BCUT2D eigenvalue weighted by Gasteiger charge is -2.03. The lowest BCUT2D eigenvalue weighted by Crippen LogP contribution is -2.34. The number of hydrogen-bond donors (Lipinski definition) is 2. The van der Waals surface area contributed by atoms with E-state index in [4.69, 9.17) is 5.73 Å². The molecule has 12 heavy (non-hydrogen) atoms. The van der Waals surface area contributed by atoms with Crippen LogP contribution in [0.5, 0.6) is 0 Å². The molecule has 72 valence electrons. The van der Waals surface area contributed by atoms with Crippen LogP contribution in [0.25, 0.3) is 0 Å². The van der Waals surface area contributed by atoms with Gasteiger partial charge in [0.15, 0.2) is 0 Å². The van der Waals surface area contributed by atoms with Gasteiger partial charge in [0.05, 0.1) is 23.9 Å². The van der Waals surface area contributed by atoms with Crippen molar-refractivity contribution in [1.29, 1.82) is 0 Å². The molecule has 0 rings (SSSR count). The summed E-state index contributed by atoms with van der Waals surface area (Å²) < 4.78 is 28.8. The van der Waals surface area contributed by atoms with Crippen LogP contribution in [0, 0.1) is 0 Å². The molecule has 0 aliphatic heterocycles. The first-order valence-electron chi connectivity index (χ1n) is 3.22. The zero-order chi connectivity index (χ0) is 9.61. The van der Waals surface area contributed by atoms with Gasteiger partial charge in [-0.3, -0.25) is 0 Å². The van der Waals surface area contributed by atoms with E-state index in [0.717, 1.165) is 0 Å². The molecule has 3 N–H and O–H groups in total. The van der Waals surface area contributed by atoms with E-state index in [9.17, 15) is 8.42 Å². The lowest BCUT2D eigenvalue weighted by molar-refractivity contribution is 0.217. The number of methoxy groups -OCH3 is 1. The van der Waals surface area contributed by atoms with Crippen molar-refractivity contribution in [2.75, 3.05) is 26.0 Å². The van der Waals surface area contributed by atoms with Crippen molar-refractivity contribution in [1.82, 2.24) is 4.72 Å². The molecule has 0 aliphatic rings. The Kier molecular flexibility index (Phi) is 5.31. The van der Waals surface area contributed by atoms with Gasteiger partial charge in [0.25, 0.3) is 0 Å². The minimum atomic E-state index is -3.28. The molecule has 0 saturated carbocycles. The summed E-state index contributed by atoms with van der Waals surface area (Å²) in [7, 11) is -1.85. The number of nitrogens with two attached hydrogens (primary N) is 1. The highest BCUT2D eigenvalue weighted by Gasteiger charge is 2.08. The molecule has 0 aromatic rings. The van der Waals surface area contributed by atoms with Crippen molar-refractivity contribution in [3.63, 3.8) is 0 Å². The quantitative estimate of drug-likeness (QED) is 0.543. The van der Waals surface area contributed by atoms with E-state index in [1.165, 1.54) is 7.11 Å². The molecule has 0 aromatic heterocycles. The van der Waals surface area contributed by atoms with Crippen molar-refractivity contribution in [2.45, 2.75) is 0 Å². The van der Waals surface area contributed by atoms with Crippen molar-refractivity contribution in [3.8, 4) is 0 Å². The van der Waals surface area contributed by atoms with Crippen LogP contribution in [0.15, 0.2) is 0 Å². The largest absolute Gasteiger partial charge is 0.392 e. The maximum atomic E-state index is 11.0. The molecule has 0 aromatic carbocycles. The molecule has 0 atom stereocenters. The molecule has 0 spiro atoms. The van der Waals surface area contributed by atoms with Crippen LogP contribution in [0.1, 0.15) is 0 Å². The van der Waals surface area contributed by atoms with E-state index in [2.05, 4.69) is 21.7 Å². The lowest BCUT2D eigenvalue weighted by atomic mass is 10.7. The Bertz CT molecular complexity index is 237. The fourth-order valence-corrected chi connectivity index (χ4v) is 1.52. The smallest absolute Gasteiger partial charge is 0.214 e. The Morgan fingerprint density at radius 1 is 1.67 bits per heavy atom. The SMILES string of the molecule is COCCS(=O)(=O)NCC(N)=S. The molecule has 0 heterocycles.